The summed E-state index contributed by atoms with van der Waals surface area (Å²) >= 11 is 0. The van der Waals surface area contributed by atoms with E-state index in [0.29, 0.717) is 12.1 Å². The summed E-state index contributed by atoms with van der Waals surface area (Å²) in [6.45, 7) is 1.53. The van der Waals surface area contributed by atoms with E-state index in [0.717, 1.165) is 24.2 Å². The fraction of sp³-hybridized carbons (Fsp3) is 0.357. The lowest BCUT2D eigenvalue weighted by Crippen LogP contribution is -2.15. The molecule has 1 aromatic carbocycles. The minimum atomic E-state index is -0.323. The zero-order chi connectivity index (χ0) is 14.1. The van der Waals surface area contributed by atoms with Crippen molar-refractivity contribution in [2.75, 3.05) is 20.7 Å². The van der Waals surface area contributed by atoms with E-state index >= 15 is 0 Å². The second-order valence-corrected chi connectivity index (χ2v) is 4.14. The molecule has 0 spiro atoms. The number of rotatable bonds is 7. The molecular formula is C14H21N3O2. The lowest BCUT2D eigenvalue weighted by Gasteiger charge is -2.05. The topological polar surface area (TPSA) is 76.4 Å². The Labute approximate surface area is 113 Å². The van der Waals surface area contributed by atoms with Crippen molar-refractivity contribution in [2.45, 2.75) is 13.0 Å². The minimum Gasteiger partial charge on any atom is -0.465 e. The standard InChI is InChI=1S/C14H21N3O2/c1-16-8-7-13(15)10-17-9-11-3-5-12(6-4-11)14(18)19-2/h3-6,10,16-17H,7-9,15H2,1-2H3/b13-10-. The molecule has 0 aliphatic heterocycles. The summed E-state index contributed by atoms with van der Waals surface area (Å²) in [5, 5.41) is 6.18. The molecule has 1 rings (SSSR count). The Morgan fingerprint density at radius 3 is 2.63 bits per heavy atom. The minimum absolute atomic E-state index is 0.323. The normalized spacial score (nSPS) is 11.2. The van der Waals surface area contributed by atoms with Crippen LogP contribution in [0, 0.1) is 0 Å². The van der Waals surface area contributed by atoms with Crippen LogP contribution in [0.1, 0.15) is 22.3 Å². The first kappa shape index (κ1) is 15.0. The zero-order valence-corrected chi connectivity index (χ0v) is 11.4. The van der Waals surface area contributed by atoms with Crippen molar-refractivity contribution in [1.29, 1.82) is 0 Å². The largest absolute Gasteiger partial charge is 0.465 e. The van der Waals surface area contributed by atoms with Gasteiger partial charge in [0.2, 0.25) is 0 Å². The van der Waals surface area contributed by atoms with Gasteiger partial charge in [0.05, 0.1) is 12.7 Å². The van der Waals surface area contributed by atoms with Crippen LogP contribution in [-0.2, 0) is 11.3 Å². The van der Waals surface area contributed by atoms with Crippen LogP contribution in [0.15, 0.2) is 36.2 Å². The number of ether oxygens (including phenoxy) is 1. The van der Waals surface area contributed by atoms with Crippen LogP contribution in [0.2, 0.25) is 0 Å². The molecule has 0 saturated carbocycles. The van der Waals surface area contributed by atoms with Gasteiger partial charge >= 0.3 is 5.97 Å². The van der Waals surface area contributed by atoms with Crippen molar-refractivity contribution in [3.63, 3.8) is 0 Å². The molecular weight excluding hydrogens is 242 g/mol. The number of nitrogens with one attached hydrogen (secondary N) is 2. The summed E-state index contributed by atoms with van der Waals surface area (Å²) in [6.07, 6.45) is 2.62. The van der Waals surface area contributed by atoms with Gasteiger partial charge in [-0.05, 0) is 24.7 Å². The fourth-order valence-corrected chi connectivity index (χ4v) is 1.52. The third-order valence-corrected chi connectivity index (χ3v) is 2.63. The third-order valence-electron chi connectivity index (χ3n) is 2.63. The van der Waals surface area contributed by atoms with Gasteiger partial charge < -0.3 is 21.1 Å². The first-order valence-corrected chi connectivity index (χ1v) is 6.17. The van der Waals surface area contributed by atoms with Crippen molar-refractivity contribution >= 4 is 5.97 Å². The maximum Gasteiger partial charge on any atom is 0.337 e. The molecule has 5 heteroatoms. The van der Waals surface area contributed by atoms with Gasteiger partial charge in [0.15, 0.2) is 0 Å². The average molecular weight is 263 g/mol. The first-order chi connectivity index (χ1) is 9.17. The Morgan fingerprint density at radius 2 is 2.05 bits per heavy atom. The van der Waals surface area contributed by atoms with Crippen LogP contribution in [0.25, 0.3) is 0 Å². The van der Waals surface area contributed by atoms with Crippen LogP contribution >= 0.6 is 0 Å². The highest BCUT2D eigenvalue weighted by molar-refractivity contribution is 5.89. The van der Waals surface area contributed by atoms with E-state index in [1.165, 1.54) is 7.11 Å². The van der Waals surface area contributed by atoms with Crippen LogP contribution < -0.4 is 16.4 Å². The molecule has 0 aliphatic carbocycles. The molecule has 5 nitrogen and oxygen atoms in total. The molecule has 0 fully saturated rings. The Morgan fingerprint density at radius 1 is 1.37 bits per heavy atom. The molecule has 19 heavy (non-hydrogen) atoms. The van der Waals surface area contributed by atoms with Crippen LogP contribution in [0.5, 0.6) is 0 Å². The van der Waals surface area contributed by atoms with Crippen molar-refractivity contribution < 1.29 is 9.53 Å². The van der Waals surface area contributed by atoms with Gasteiger partial charge in [-0.1, -0.05) is 12.1 Å². The van der Waals surface area contributed by atoms with E-state index in [1.54, 1.807) is 12.1 Å². The number of carbonyl (C=O) groups excluding carboxylic acids is 1. The van der Waals surface area contributed by atoms with Crippen LogP contribution in [0.4, 0.5) is 0 Å². The highest BCUT2D eigenvalue weighted by atomic mass is 16.5. The molecule has 0 unspecified atom stereocenters. The molecule has 104 valence electrons. The van der Waals surface area contributed by atoms with E-state index in [-0.39, 0.29) is 5.97 Å². The van der Waals surface area contributed by atoms with Gasteiger partial charge in [-0.15, -0.1) is 0 Å². The SMILES string of the molecule is CNCC/C(N)=C/NCc1ccc(C(=O)OC)cc1. The summed E-state index contributed by atoms with van der Waals surface area (Å²) in [7, 11) is 3.26. The molecule has 1 aromatic rings. The monoisotopic (exact) mass is 263 g/mol. The fourth-order valence-electron chi connectivity index (χ4n) is 1.52. The predicted octanol–water partition coefficient (Wildman–Crippen LogP) is 0.972. The van der Waals surface area contributed by atoms with Gasteiger partial charge in [-0.2, -0.15) is 0 Å². The second-order valence-electron chi connectivity index (χ2n) is 4.14. The summed E-state index contributed by atoms with van der Waals surface area (Å²) in [5.41, 5.74) is 8.23. The number of nitrogens with two attached hydrogens (primary N) is 1. The van der Waals surface area contributed by atoms with Gasteiger partial charge in [0.25, 0.3) is 0 Å². The van der Waals surface area contributed by atoms with Gasteiger partial charge in [-0.25, -0.2) is 4.79 Å². The number of benzene rings is 1. The molecule has 0 heterocycles. The number of carbonyl (C=O) groups is 1. The van der Waals surface area contributed by atoms with Gasteiger partial charge in [-0.3, -0.25) is 0 Å². The van der Waals surface area contributed by atoms with E-state index < -0.39 is 0 Å². The molecule has 0 radical (unpaired) electrons. The Kier molecular flexibility index (Phi) is 6.46. The first-order valence-electron chi connectivity index (χ1n) is 6.17. The Balaban J connectivity index is 2.44. The second kappa shape index (κ2) is 8.16. The Bertz CT molecular complexity index is 427. The van der Waals surface area contributed by atoms with E-state index in [4.69, 9.17) is 5.73 Å². The molecule has 0 saturated heterocycles. The Hall–Kier alpha value is -2.01. The van der Waals surface area contributed by atoms with E-state index in [2.05, 4.69) is 15.4 Å². The van der Waals surface area contributed by atoms with Crippen molar-refractivity contribution in [1.82, 2.24) is 10.6 Å². The van der Waals surface area contributed by atoms with Crippen molar-refractivity contribution in [3.8, 4) is 0 Å². The summed E-state index contributed by atoms with van der Waals surface area (Å²) in [6, 6.07) is 7.27. The maximum absolute atomic E-state index is 11.3. The highest BCUT2D eigenvalue weighted by Crippen LogP contribution is 2.05. The van der Waals surface area contributed by atoms with Gasteiger partial charge in [0, 0.05) is 31.4 Å². The molecule has 0 amide bonds. The summed E-state index contributed by atoms with van der Waals surface area (Å²) in [5.74, 6) is -0.323. The molecule has 4 N–H and O–H groups in total. The smallest absolute Gasteiger partial charge is 0.337 e. The summed E-state index contributed by atoms with van der Waals surface area (Å²) in [4.78, 5) is 11.3. The van der Waals surface area contributed by atoms with E-state index in [1.807, 2.05) is 25.4 Å². The average Bonchev–Trinajstić information content (AvgIpc) is 2.45. The summed E-state index contributed by atoms with van der Waals surface area (Å²) < 4.78 is 4.64. The lowest BCUT2D eigenvalue weighted by molar-refractivity contribution is 0.0600. The number of esters is 1. The predicted molar refractivity (Wildman–Crippen MR) is 75.4 cm³/mol. The molecule has 0 aliphatic rings. The molecule has 0 atom stereocenters. The number of methoxy groups -OCH3 is 1. The zero-order valence-electron chi connectivity index (χ0n) is 11.4. The molecule has 0 bridgehead atoms. The van der Waals surface area contributed by atoms with E-state index in [9.17, 15) is 4.79 Å². The molecule has 0 aromatic heterocycles. The number of hydrogen-bond acceptors (Lipinski definition) is 5. The number of hydrogen-bond donors (Lipinski definition) is 3. The quantitative estimate of drug-likeness (QED) is 0.639. The van der Waals surface area contributed by atoms with Gasteiger partial charge in [0.1, 0.15) is 0 Å². The van der Waals surface area contributed by atoms with Crippen molar-refractivity contribution in [2.24, 2.45) is 5.73 Å². The van der Waals surface area contributed by atoms with Crippen LogP contribution in [0.3, 0.4) is 0 Å². The van der Waals surface area contributed by atoms with Crippen molar-refractivity contribution in [3.05, 3.63) is 47.3 Å². The highest BCUT2D eigenvalue weighted by Gasteiger charge is 2.03. The third kappa shape index (κ3) is 5.44. The van der Waals surface area contributed by atoms with Crippen LogP contribution in [-0.4, -0.2) is 26.7 Å². The lowest BCUT2D eigenvalue weighted by atomic mass is 10.1. The maximum atomic E-state index is 11.3.